The molecule has 1 aromatic carbocycles. The Kier molecular flexibility index (Phi) is 3.58. The molecular formula is C13H12ClN3O. The summed E-state index contributed by atoms with van der Waals surface area (Å²) in [5.41, 5.74) is 2.58. The third kappa shape index (κ3) is 2.84. The fourth-order valence-corrected chi connectivity index (χ4v) is 1.71. The first-order valence-corrected chi connectivity index (χ1v) is 5.80. The molecule has 0 atom stereocenters. The number of anilines is 1. The number of hydrogen-bond acceptors (Lipinski definition) is 3. The maximum absolute atomic E-state index is 12.1. The molecule has 0 bridgehead atoms. The first kappa shape index (κ1) is 12.5. The highest BCUT2D eigenvalue weighted by atomic mass is 35.5. The molecule has 0 unspecified atom stereocenters. The van der Waals surface area contributed by atoms with Crippen molar-refractivity contribution in [2.24, 2.45) is 0 Å². The summed E-state index contributed by atoms with van der Waals surface area (Å²) in [6.45, 7) is 3.83. The minimum absolute atomic E-state index is 0.203. The molecule has 1 heterocycles. The number of nitrogens with one attached hydrogen (secondary N) is 1. The van der Waals surface area contributed by atoms with Gasteiger partial charge in [-0.2, -0.15) is 0 Å². The zero-order valence-corrected chi connectivity index (χ0v) is 10.8. The van der Waals surface area contributed by atoms with E-state index >= 15 is 0 Å². The lowest BCUT2D eigenvalue weighted by Crippen LogP contribution is -2.14. The molecule has 0 radical (unpaired) electrons. The van der Waals surface area contributed by atoms with Crippen LogP contribution in [0.3, 0.4) is 0 Å². The molecule has 1 amide bonds. The summed E-state index contributed by atoms with van der Waals surface area (Å²) in [6.07, 6.45) is 1.31. The second-order valence-electron chi connectivity index (χ2n) is 4.00. The van der Waals surface area contributed by atoms with E-state index in [1.807, 2.05) is 32.0 Å². The summed E-state index contributed by atoms with van der Waals surface area (Å²) >= 11 is 5.73. The predicted molar refractivity (Wildman–Crippen MR) is 70.9 cm³/mol. The number of aryl methyl sites for hydroxylation is 2. The van der Waals surface area contributed by atoms with E-state index in [4.69, 9.17) is 11.6 Å². The minimum atomic E-state index is -0.203. The van der Waals surface area contributed by atoms with Crippen molar-refractivity contribution in [1.29, 1.82) is 0 Å². The molecule has 0 fully saturated rings. The van der Waals surface area contributed by atoms with Crippen molar-refractivity contribution in [3.05, 3.63) is 52.4 Å². The Morgan fingerprint density at radius 2 is 2.00 bits per heavy atom. The number of halogens is 1. The van der Waals surface area contributed by atoms with Gasteiger partial charge in [0.25, 0.3) is 5.91 Å². The van der Waals surface area contributed by atoms with Crippen LogP contribution in [0.2, 0.25) is 5.15 Å². The molecule has 0 saturated heterocycles. The van der Waals surface area contributed by atoms with Crippen molar-refractivity contribution in [2.75, 3.05) is 5.32 Å². The molecule has 1 aromatic heterocycles. The van der Waals surface area contributed by atoms with Crippen LogP contribution in [0, 0.1) is 13.8 Å². The van der Waals surface area contributed by atoms with Gasteiger partial charge in [-0.05, 0) is 25.5 Å². The highest BCUT2D eigenvalue weighted by Crippen LogP contribution is 2.14. The summed E-state index contributed by atoms with van der Waals surface area (Å²) in [4.78, 5) is 19.8. The third-order valence-electron chi connectivity index (χ3n) is 2.51. The number of hydrogen-bond donors (Lipinski definition) is 1. The Labute approximate surface area is 110 Å². The van der Waals surface area contributed by atoms with E-state index in [2.05, 4.69) is 15.3 Å². The molecule has 92 valence electrons. The molecule has 5 heteroatoms. The van der Waals surface area contributed by atoms with E-state index in [0.29, 0.717) is 16.5 Å². The number of benzene rings is 1. The zero-order chi connectivity index (χ0) is 13.1. The van der Waals surface area contributed by atoms with Gasteiger partial charge in [0.15, 0.2) is 0 Å². The van der Waals surface area contributed by atoms with Gasteiger partial charge in [-0.25, -0.2) is 9.97 Å². The average molecular weight is 262 g/mol. The molecular weight excluding hydrogens is 250 g/mol. The van der Waals surface area contributed by atoms with E-state index in [9.17, 15) is 4.79 Å². The molecule has 0 aliphatic rings. The van der Waals surface area contributed by atoms with Gasteiger partial charge in [-0.3, -0.25) is 4.79 Å². The van der Waals surface area contributed by atoms with Gasteiger partial charge in [0.05, 0.1) is 0 Å². The van der Waals surface area contributed by atoms with Crippen molar-refractivity contribution in [3.8, 4) is 0 Å². The summed E-state index contributed by atoms with van der Waals surface area (Å²) in [6, 6.07) is 7.23. The average Bonchev–Trinajstić information content (AvgIpc) is 2.32. The minimum Gasteiger partial charge on any atom is -0.306 e. The van der Waals surface area contributed by atoms with Gasteiger partial charge < -0.3 is 5.32 Å². The number of aromatic nitrogens is 2. The van der Waals surface area contributed by atoms with Crippen LogP contribution in [0.25, 0.3) is 0 Å². The molecule has 4 nitrogen and oxygen atoms in total. The molecule has 2 rings (SSSR count). The Morgan fingerprint density at radius 3 is 2.72 bits per heavy atom. The Morgan fingerprint density at radius 1 is 1.22 bits per heavy atom. The molecule has 18 heavy (non-hydrogen) atoms. The Bertz CT molecular complexity index is 599. The predicted octanol–water partition coefficient (Wildman–Crippen LogP) is 3.00. The van der Waals surface area contributed by atoms with Gasteiger partial charge in [0.1, 0.15) is 17.3 Å². The van der Waals surface area contributed by atoms with E-state index in [1.165, 1.54) is 12.4 Å². The second kappa shape index (κ2) is 5.14. The maximum atomic E-state index is 12.1. The normalized spacial score (nSPS) is 10.2. The van der Waals surface area contributed by atoms with Gasteiger partial charge in [0, 0.05) is 11.6 Å². The van der Waals surface area contributed by atoms with Crippen molar-refractivity contribution in [2.45, 2.75) is 13.8 Å². The largest absolute Gasteiger partial charge is 0.306 e. The Hall–Kier alpha value is -1.94. The quantitative estimate of drug-likeness (QED) is 0.846. The maximum Gasteiger partial charge on any atom is 0.257 e. The molecule has 0 aliphatic carbocycles. The number of rotatable bonds is 2. The smallest absolute Gasteiger partial charge is 0.257 e. The lowest BCUT2D eigenvalue weighted by molar-refractivity contribution is 0.102. The van der Waals surface area contributed by atoms with Crippen LogP contribution in [0.5, 0.6) is 0 Å². The van der Waals surface area contributed by atoms with Crippen LogP contribution in [-0.4, -0.2) is 15.9 Å². The molecule has 0 aliphatic heterocycles. The SMILES string of the molecule is Cc1ccc(C)c(C(=O)Nc2cc(Cl)ncn2)c1. The molecule has 2 aromatic rings. The summed E-state index contributed by atoms with van der Waals surface area (Å²) in [5.74, 6) is 0.187. The van der Waals surface area contributed by atoms with Crippen LogP contribution < -0.4 is 5.32 Å². The van der Waals surface area contributed by atoms with Crippen molar-refractivity contribution >= 4 is 23.3 Å². The van der Waals surface area contributed by atoms with E-state index in [1.54, 1.807) is 0 Å². The first-order valence-electron chi connectivity index (χ1n) is 5.42. The van der Waals surface area contributed by atoms with Crippen molar-refractivity contribution in [3.63, 3.8) is 0 Å². The third-order valence-corrected chi connectivity index (χ3v) is 2.72. The molecule has 1 N–H and O–H groups in total. The molecule has 0 spiro atoms. The molecule has 0 saturated carbocycles. The van der Waals surface area contributed by atoms with Crippen LogP contribution in [0.15, 0.2) is 30.6 Å². The highest BCUT2D eigenvalue weighted by molar-refractivity contribution is 6.29. The summed E-state index contributed by atoms with van der Waals surface area (Å²) < 4.78 is 0. The van der Waals surface area contributed by atoms with Crippen LogP contribution in [0.4, 0.5) is 5.82 Å². The van der Waals surface area contributed by atoms with Crippen LogP contribution >= 0.6 is 11.6 Å². The standard InChI is InChI=1S/C13H12ClN3O/c1-8-3-4-9(2)10(5-8)13(18)17-12-6-11(14)15-7-16-12/h3-7H,1-2H3,(H,15,16,17,18). The zero-order valence-electron chi connectivity index (χ0n) is 10.1. The van der Waals surface area contributed by atoms with Gasteiger partial charge in [0.2, 0.25) is 0 Å². The first-order chi connectivity index (χ1) is 8.56. The van der Waals surface area contributed by atoms with Gasteiger partial charge in [-0.1, -0.05) is 29.3 Å². The fourth-order valence-electron chi connectivity index (χ4n) is 1.57. The van der Waals surface area contributed by atoms with Crippen molar-refractivity contribution in [1.82, 2.24) is 9.97 Å². The lowest BCUT2D eigenvalue weighted by atomic mass is 10.1. The summed E-state index contributed by atoms with van der Waals surface area (Å²) in [7, 11) is 0. The highest BCUT2D eigenvalue weighted by Gasteiger charge is 2.10. The van der Waals surface area contributed by atoms with Crippen LogP contribution in [-0.2, 0) is 0 Å². The van der Waals surface area contributed by atoms with Gasteiger partial charge in [-0.15, -0.1) is 0 Å². The summed E-state index contributed by atoms with van der Waals surface area (Å²) in [5, 5.41) is 2.99. The monoisotopic (exact) mass is 261 g/mol. The van der Waals surface area contributed by atoms with Gasteiger partial charge >= 0.3 is 0 Å². The van der Waals surface area contributed by atoms with E-state index in [-0.39, 0.29) is 5.91 Å². The van der Waals surface area contributed by atoms with E-state index in [0.717, 1.165) is 11.1 Å². The number of amides is 1. The number of nitrogens with zero attached hydrogens (tertiary/aromatic N) is 2. The topological polar surface area (TPSA) is 54.9 Å². The lowest BCUT2D eigenvalue weighted by Gasteiger charge is -2.07. The van der Waals surface area contributed by atoms with E-state index < -0.39 is 0 Å². The van der Waals surface area contributed by atoms with Crippen molar-refractivity contribution < 1.29 is 4.79 Å². The van der Waals surface area contributed by atoms with Crippen LogP contribution in [0.1, 0.15) is 21.5 Å². The Balaban J connectivity index is 2.24. The second-order valence-corrected chi connectivity index (χ2v) is 4.39. The fraction of sp³-hybridized carbons (Fsp3) is 0.154. The number of carbonyl (C=O) groups is 1. The number of carbonyl (C=O) groups excluding carboxylic acids is 1.